The van der Waals surface area contributed by atoms with Gasteiger partial charge in [0.2, 0.25) is 0 Å². The van der Waals surface area contributed by atoms with Gasteiger partial charge < -0.3 is 8.83 Å². The van der Waals surface area contributed by atoms with Crippen molar-refractivity contribution in [1.82, 2.24) is 0 Å². The average molecular weight is 643 g/mol. The van der Waals surface area contributed by atoms with Crippen molar-refractivity contribution >= 4 is 86.0 Å². The SMILES string of the molecule is c1ccc(-c2coc3c2ccc2c4cccc(-c5c6ccccc6c(-c6ccc7sc8ccccc8c7c6)c6ccccc56)c4oc23)cc1. The second-order valence-electron chi connectivity index (χ2n) is 12.8. The Hall–Kier alpha value is -6.16. The maximum Gasteiger partial charge on any atom is 0.178 e. The van der Waals surface area contributed by atoms with Crippen molar-refractivity contribution in [3.8, 4) is 33.4 Å². The van der Waals surface area contributed by atoms with E-state index in [0.717, 1.165) is 49.6 Å². The van der Waals surface area contributed by atoms with Crippen LogP contribution in [0.5, 0.6) is 0 Å². The lowest BCUT2D eigenvalue weighted by Crippen LogP contribution is -1.91. The van der Waals surface area contributed by atoms with E-state index in [0.29, 0.717) is 0 Å². The van der Waals surface area contributed by atoms with Gasteiger partial charge in [-0.2, -0.15) is 0 Å². The van der Waals surface area contributed by atoms with E-state index in [-0.39, 0.29) is 0 Å². The third kappa shape index (κ3) is 3.82. The van der Waals surface area contributed by atoms with Crippen LogP contribution in [0.15, 0.2) is 167 Å². The van der Waals surface area contributed by atoms with Crippen molar-refractivity contribution in [2.24, 2.45) is 0 Å². The molecule has 0 radical (unpaired) electrons. The van der Waals surface area contributed by atoms with Gasteiger partial charge in [0, 0.05) is 53.0 Å². The van der Waals surface area contributed by atoms with Crippen LogP contribution >= 0.6 is 11.3 Å². The second kappa shape index (κ2) is 10.2. The van der Waals surface area contributed by atoms with Crippen molar-refractivity contribution in [1.29, 1.82) is 0 Å². The molecule has 0 fully saturated rings. The standard InChI is InChI=1S/C46H26O2S/c1-2-11-27(12-3-1)39-26-47-45-36(39)23-22-35-34-18-10-19-37(44(34)48-46(35)45)43-32-16-6-4-14-30(32)42(31-15-5-7-17-33(31)43)28-21-24-41-38(25-28)29-13-8-9-20-40(29)49-41/h1-26H. The van der Waals surface area contributed by atoms with Crippen LogP contribution in [0.4, 0.5) is 0 Å². The summed E-state index contributed by atoms with van der Waals surface area (Å²) in [5.74, 6) is 0. The van der Waals surface area contributed by atoms with Crippen LogP contribution in [0.3, 0.4) is 0 Å². The molecule has 49 heavy (non-hydrogen) atoms. The fourth-order valence-corrected chi connectivity index (χ4v) is 9.08. The van der Waals surface area contributed by atoms with E-state index in [9.17, 15) is 0 Å². The van der Waals surface area contributed by atoms with Crippen molar-refractivity contribution in [3.63, 3.8) is 0 Å². The third-order valence-electron chi connectivity index (χ3n) is 10.2. The summed E-state index contributed by atoms with van der Waals surface area (Å²) in [6.45, 7) is 0. The van der Waals surface area contributed by atoms with Crippen molar-refractivity contribution < 1.29 is 8.83 Å². The third-order valence-corrected chi connectivity index (χ3v) is 11.3. The molecule has 3 aromatic heterocycles. The van der Waals surface area contributed by atoms with E-state index in [1.807, 2.05) is 23.7 Å². The molecular formula is C46H26O2S. The summed E-state index contributed by atoms with van der Waals surface area (Å²) >= 11 is 1.86. The molecule has 0 bridgehead atoms. The molecule has 0 saturated carbocycles. The summed E-state index contributed by atoms with van der Waals surface area (Å²) in [6, 6.07) is 54.6. The predicted molar refractivity (Wildman–Crippen MR) is 208 cm³/mol. The molecule has 0 aliphatic heterocycles. The van der Waals surface area contributed by atoms with Crippen molar-refractivity contribution in [2.75, 3.05) is 0 Å². The molecule has 228 valence electrons. The van der Waals surface area contributed by atoms with Gasteiger partial charge in [-0.3, -0.25) is 0 Å². The largest absolute Gasteiger partial charge is 0.460 e. The quantitative estimate of drug-likeness (QED) is 0.179. The van der Waals surface area contributed by atoms with E-state index < -0.39 is 0 Å². The first-order valence-corrected chi connectivity index (χ1v) is 17.4. The summed E-state index contributed by atoms with van der Waals surface area (Å²) in [7, 11) is 0. The van der Waals surface area contributed by atoms with E-state index >= 15 is 0 Å². The van der Waals surface area contributed by atoms with Gasteiger partial charge in [0.15, 0.2) is 11.2 Å². The first-order chi connectivity index (χ1) is 24.3. The molecule has 2 nitrogen and oxygen atoms in total. The fourth-order valence-electron chi connectivity index (χ4n) is 8.00. The Labute approximate surface area is 285 Å². The molecule has 8 aromatic carbocycles. The molecule has 0 N–H and O–H groups in total. The van der Waals surface area contributed by atoms with Gasteiger partial charge in [-0.25, -0.2) is 0 Å². The lowest BCUT2D eigenvalue weighted by Gasteiger charge is -2.18. The van der Waals surface area contributed by atoms with Crippen LogP contribution in [0.2, 0.25) is 0 Å². The Morgan fingerprint density at radius 3 is 1.73 bits per heavy atom. The smallest absolute Gasteiger partial charge is 0.178 e. The Morgan fingerprint density at radius 2 is 0.959 bits per heavy atom. The van der Waals surface area contributed by atoms with Crippen LogP contribution in [0.25, 0.3) is 108 Å². The van der Waals surface area contributed by atoms with E-state index in [2.05, 4.69) is 146 Å². The molecule has 0 amide bonds. The number of benzene rings is 8. The number of thiophene rings is 1. The maximum atomic E-state index is 6.90. The first kappa shape index (κ1) is 26.9. The first-order valence-electron chi connectivity index (χ1n) is 16.6. The fraction of sp³-hybridized carbons (Fsp3) is 0. The summed E-state index contributed by atoms with van der Waals surface area (Å²) in [5.41, 5.74) is 9.37. The Kier molecular flexibility index (Phi) is 5.57. The summed E-state index contributed by atoms with van der Waals surface area (Å²) in [5, 5.41) is 10.7. The lowest BCUT2D eigenvalue weighted by molar-refractivity contribution is 0.601. The van der Waals surface area contributed by atoms with Gasteiger partial charge >= 0.3 is 0 Å². The van der Waals surface area contributed by atoms with E-state index in [1.165, 1.54) is 58.4 Å². The Balaban J connectivity index is 1.20. The minimum Gasteiger partial charge on any atom is -0.460 e. The molecule has 3 heteroatoms. The van der Waals surface area contributed by atoms with Gasteiger partial charge in [0.05, 0.1) is 6.26 Å². The van der Waals surface area contributed by atoms with Crippen LogP contribution in [-0.4, -0.2) is 0 Å². The lowest BCUT2D eigenvalue weighted by atomic mass is 9.85. The van der Waals surface area contributed by atoms with Crippen molar-refractivity contribution in [2.45, 2.75) is 0 Å². The predicted octanol–water partition coefficient (Wildman–Crippen LogP) is 14.0. The van der Waals surface area contributed by atoms with E-state index in [4.69, 9.17) is 8.83 Å². The number of hydrogen-bond donors (Lipinski definition) is 0. The second-order valence-corrected chi connectivity index (χ2v) is 13.9. The Morgan fingerprint density at radius 1 is 0.347 bits per heavy atom. The molecule has 0 aliphatic carbocycles. The van der Waals surface area contributed by atoms with Crippen LogP contribution in [-0.2, 0) is 0 Å². The molecule has 0 saturated heterocycles. The number of furan rings is 2. The zero-order valence-corrected chi connectivity index (χ0v) is 27.1. The van der Waals surface area contributed by atoms with Gasteiger partial charge in [-0.1, -0.05) is 121 Å². The molecule has 0 aliphatic rings. The van der Waals surface area contributed by atoms with Crippen molar-refractivity contribution in [3.05, 3.63) is 158 Å². The summed E-state index contributed by atoms with van der Waals surface area (Å²) in [6.07, 6.45) is 1.85. The van der Waals surface area contributed by atoms with Crippen LogP contribution < -0.4 is 0 Å². The van der Waals surface area contributed by atoms with Crippen LogP contribution in [0, 0.1) is 0 Å². The number of para-hydroxylation sites is 1. The topological polar surface area (TPSA) is 26.3 Å². The highest BCUT2D eigenvalue weighted by Crippen LogP contribution is 2.48. The minimum atomic E-state index is 0.778. The normalized spacial score (nSPS) is 12.1. The number of rotatable bonds is 3. The van der Waals surface area contributed by atoms with Gasteiger partial charge in [0.1, 0.15) is 5.58 Å². The number of fused-ring (bicyclic) bond motifs is 10. The average Bonchev–Trinajstić information content (AvgIpc) is 3.87. The molecular weight excluding hydrogens is 617 g/mol. The Bertz CT molecular complexity index is 3050. The molecule has 11 aromatic rings. The summed E-state index contributed by atoms with van der Waals surface area (Å²) in [4.78, 5) is 0. The number of hydrogen-bond acceptors (Lipinski definition) is 3. The van der Waals surface area contributed by atoms with E-state index in [1.54, 1.807) is 0 Å². The maximum absolute atomic E-state index is 6.90. The van der Waals surface area contributed by atoms with Gasteiger partial charge in [-0.15, -0.1) is 11.3 Å². The highest BCUT2D eigenvalue weighted by Gasteiger charge is 2.22. The zero-order chi connectivity index (χ0) is 32.1. The molecule has 0 unspecified atom stereocenters. The zero-order valence-electron chi connectivity index (χ0n) is 26.2. The van der Waals surface area contributed by atoms with Gasteiger partial charge in [-0.05, 0) is 68.6 Å². The monoisotopic (exact) mass is 642 g/mol. The van der Waals surface area contributed by atoms with Crippen LogP contribution in [0.1, 0.15) is 0 Å². The minimum absolute atomic E-state index is 0.778. The van der Waals surface area contributed by atoms with Gasteiger partial charge in [0.25, 0.3) is 0 Å². The molecule has 0 atom stereocenters. The molecule has 3 heterocycles. The summed E-state index contributed by atoms with van der Waals surface area (Å²) < 4.78 is 15.8. The highest BCUT2D eigenvalue weighted by molar-refractivity contribution is 7.25. The highest BCUT2D eigenvalue weighted by atomic mass is 32.1. The molecule has 11 rings (SSSR count). The molecule has 0 spiro atoms.